The van der Waals surface area contributed by atoms with Crippen LogP contribution < -0.4 is 0 Å². The van der Waals surface area contributed by atoms with Crippen molar-refractivity contribution in [1.29, 1.82) is 0 Å². The molecule has 0 aromatic rings. The van der Waals surface area contributed by atoms with E-state index < -0.39 is 0 Å². The van der Waals surface area contributed by atoms with E-state index in [1.54, 1.807) is 7.11 Å². The third-order valence-electron chi connectivity index (χ3n) is 12.7. The van der Waals surface area contributed by atoms with Gasteiger partial charge in [-0.05, 0) is 59.8 Å². The highest BCUT2D eigenvalue weighted by Crippen LogP contribution is 2.24. The largest absolute Gasteiger partial charge is 0.379 e. The summed E-state index contributed by atoms with van der Waals surface area (Å²) in [5, 5.41) is 0. The van der Waals surface area contributed by atoms with Crippen LogP contribution in [0.5, 0.6) is 0 Å². The molecule has 5 heteroatoms. The van der Waals surface area contributed by atoms with Crippen molar-refractivity contribution in [2.24, 2.45) is 4.99 Å². The Hall–Kier alpha value is -0.490. The number of methoxy groups -OCH3 is 1. The quantitative estimate of drug-likeness (QED) is 0.0453. The van der Waals surface area contributed by atoms with Crippen LogP contribution in [0.4, 0.5) is 0 Å². The normalized spacial score (nSPS) is 14.0. The van der Waals surface area contributed by atoms with Gasteiger partial charge in [-0.2, -0.15) is 0 Å². The predicted octanol–water partition coefficient (Wildman–Crippen LogP) is 17.2. The molecule has 0 aliphatic carbocycles. The average Bonchev–Trinajstić information content (AvgIpc) is 3.21. The molecule has 58 heavy (non-hydrogen) atoms. The summed E-state index contributed by atoms with van der Waals surface area (Å²) in [5.41, 5.74) is 0.810. The lowest BCUT2D eigenvalue weighted by Crippen LogP contribution is -2.33. The monoisotopic (exact) mass is 822 g/mol. The number of nitrogens with zero attached hydrogens (tertiary/aromatic N) is 1. The standard InChI is InChI=1S/C53H107NO4/c1-9-12-14-16-18-20-22-24-26-28-30-32-34-36-38-40-45-56-49-51(42-44-54-50(4)48-53(7,11-3)58-47-43-52(5,6)55-8)57-46-41-39-37-35-33-31-29-27-25-23-21-19-17-15-13-10-2/h51H,9-49H2,1-8H3. The number of ether oxygens (including phenoxy) is 4. The Bertz CT molecular complexity index is 846. The molecular formula is C53H107NO4. The molecular weight excluding hydrogens is 715 g/mol. The molecule has 0 bridgehead atoms. The molecule has 0 saturated carbocycles. The first-order valence-electron chi connectivity index (χ1n) is 26.1. The first-order chi connectivity index (χ1) is 28.2. The second kappa shape index (κ2) is 43.2. The van der Waals surface area contributed by atoms with E-state index in [0.29, 0.717) is 13.2 Å². The van der Waals surface area contributed by atoms with Gasteiger partial charge in [0.15, 0.2) is 0 Å². The molecule has 2 atom stereocenters. The molecule has 0 aliphatic heterocycles. The Balaban J connectivity index is 4.36. The second-order valence-electron chi connectivity index (χ2n) is 19.1. The molecule has 2 unspecified atom stereocenters. The van der Waals surface area contributed by atoms with Crippen molar-refractivity contribution in [3.63, 3.8) is 0 Å². The Morgan fingerprint density at radius 3 is 1.26 bits per heavy atom. The summed E-state index contributed by atoms with van der Waals surface area (Å²) in [5.74, 6) is 0. The molecule has 0 aromatic carbocycles. The van der Waals surface area contributed by atoms with Crippen LogP contribution in [0.3, 0.4) is 0 Å². The summed E-state index contributed by atoms with van der Waals surface area (Å²) >= 11 is 0. The zero-order valence-electron chi connectivity index (χ0n) is 41.1. The van der Waals surface area contributed by atoms with Crippen molar-refractivity contribution in [1.82, 2.24) is 0 Å². The minimum atomic E-state index is -0.198. The fraction of sp³-hybridized carbons (Fsp3) is 0.981. The van der Waals surface area contributed by atoms with Gasteiger partial charge in [-0.1, -0.05) is 213 Å². The van der Waals surface area contributed by atoms with Crippen LogP contribution in [0.1, 0.15) is 280 Å². The van der Waals surface area contributed by atoms with Crippen LogP contribution >= 0.6 is 0 Å². The molecule has 0 fully saturated rings. The fourth-order valence-electron chi connectivity index (χ4n) is 8.00. The Morgan fingerprint density at radius 1 is 0.500 bits per heavy atom. The maximum Gasteiger partial charge on any atom is 0.0826 e. The van der Waals surface area contributed by atoms with Gasteiger partial charge in [0, 0.05) is 39.0 Å². The SMILES string of the molecule is CCCCCCCCCCCCCCCCCCOCC(CCN=C(C)CC(C)(CC)OCCC(C)(C)OC)OCCCCCCCCCCCCCCCCCC. The molecule has 0 radical (unpaired) electrons. The van der Waals surface area contributed by atoms with Crippen molar-refractivity contribution in [2.75, 3.05) is 40.1 Å². The summed E-state index contributed by atoms with van der Waals surface area (Å²) < 4.78 is 24.7. The van der Waals surface area contributed by atoms with E-state index >= 15 is 0 Å². The molecule has 0 spiro atoms. The number of hydrogen-bond donors (Lipinski definition) is 0. The van der Waals surface area contributed by atoms with Gasteiger partial charge < -0.3 is 18.9 Å². The molecule has 0 heterocycles. The molecule has 348 valence electrons. The molecule has 0 aliphatic rings. The van der Waals surface area contributed by atoms with E-state index in [-0.39, 0.29) is 17.3 Å². The van der Waals surface area contributed by atoms with Crippen LogP contribution in [0, 0.1) is 0 Å². The van der Waals surface area contributed by atoms with Gasteiger partial charge in [0.2, 0.25) is 0 Å². The molecule has 0 rings (SSSR count). The third kappa shape index (κ3) is 40.9. The van der Waals surface area contributed by atoms with Crippen molar-refractivity contribution >= 4 is 5.71 Å². The van der Waals surface area contributed by atoms with Gasteiger partial charge in [0.05, 0.1) is 30.5 Å². The molecule has 0 saturated heterocycles. The summed E-state index contributed by atoms with van der Waals surface area (Å²) in [7, 11) is 1.78. The molecule has 0 N–H and O–H groups in total. The van der Waals surface area contributed by atoms with Gasteiger partial charge in [-0.3, -0.25) is 4.99 Å². The Morgan fingerprint density at radius 2 is 0.879 bits per heavy atom. The average molecular weight is 822 g/mol. The summed E-state index contributed by atoms with van der Waals surface area (Å²) in [6.45, 7) is 19.3. The van der Waals surface area contributed by atoms with Crippen molar-refractivity contribution in [3.05, 3.63) is 0 Å². The number of unbranched alkanes of at least 4 members (excludes halogenated alkanes) is 30. The molecule has 0 amide bonds. The number of hydrogen-bond acceptors (Lipinski definition) is 5. The van der Waals surface area contributed by atoms with Gasteiger partial charge in [-0.25, -0.2) is 0 Å². The highest BCUT2D eigenvalue weighted by atomic mass is 16.5. The first-order valence-corrected chi connectivity index (χ1v) is 26.1. The fourth-order valence-corrected chi connectivity index (χ4v) is 8.00. The van der Waals surface area contributed by atoms with Gasteiger partial charge in [-0.15, -0.1) is 0 Å². The summed E-state index contributed by atoms with van der Waals surface area (Å²) in [6, 6.07) is 0. The van der Waals surface area contributed by atoms with E-state index in [2.05, 4.69) is 48.5 Å². The highest BCUT2D eigenvalue weighted by Gasteiger charge is 2.26. The van der Waals surface area contributed by atoms with Crippen LogP contribution in [0.15, 0.2) is 4.99 Å². The van der Waals surface area contributed by atoms with Crippen molar-refractivity contribution in [3.8, 4) is 0 Å². The number of rotatable bonds is 48. The number of aliphatic imine (C=N–C) groups is 1. The highest BCUT2D eigenvalue weighted by molar-refractivity contribution is 5.82. The van der Waals surface area contributed by atoms with Gasteiger partial charge in [0.25, 0.3) is 0 Å². The van der Waals surface area contributed by atoms with E-state index in [4.69, 9.17) is 23.9 Å². The Labute approximate surface area is 365 Å². The minimum Gasteiger partial charge on any atom is -0.379 e. The molecule has 0 aromatic heterocycles. The Kier molecular flexibility index (Phi) is 42.8. The van der Waals surface area contributed by atoms with Crippen LogP contribution in [0.2, 0.25) is 0 Å². The van der Waals surface area contributed by atoms with Crippen LogP contribution in [-0.4, -0.2) is 63.1 Å². The maximum atomic E-state index is 6.46. The van der Waals surface area contributed by atoms with Gasteiger partial charge in [0.1, 0.15) is 0 Å². The summed E-state index contributed by atoms with van der Waals surface area (Å²) in [6.07, 6.45) is 48.4. The third-order valence-corrected chi connectivity index (χ3v) is 12.7. The van der Waals surface area contributed by atoms with E-state index in [1.807, 2.05) is 0 Å². The van der Waals surface area contributed by atoms with E-state index in [9.17, 15) is 0 Å². The summed E-state index contributed by atoms with van der Waals surface area (Å²) in [4.78, 5) is 5.00. The van der Waals surface area contributed by atoms with E-state index in [0.717, 1.165) is 51.9 Å². The van der Waals surface area contributed by atoms with Crippen LogP contribution in [0.25, 0.3) is 0 Å². The predicted molar refractivity (Wildman–Crippen MR) is 257 cm³/mol. The minimum absolute atomic E-state index is 0.124. The lowest BCUT2D eigenvalue weighted by atomic mass is 9.95. The first kappa shape index (κ1) is 57.5. The lowest BCUT2D eigenvalue weighted by molar-refractivity contribution is -0.0645. The van der Waals surface area contributed by atoms with E-state index in [1.165, 1.54) is 205 Å². The lowest BCUT2D eigenvalue weighted by Gasteiger charge is -2.31. The topological polar surface area (TPSA) is 49.3 Å². The van der Waals surface area contributed by atoms with Crippen LogP contribution in [-0.2, 0) is 18.9 Å². The zero-order chi connectivity index (χ0) is 42.7. The van der Waals surface area contributed by atoms with Gasteiger partial charge >= 0.3 is 0 Å². The smallest absolute Gasteiger partial charge is 0.0826 e. The zero-order valence-corrected chi connectivity index (χ0v) is 41.1. The van der Waals surface area contributed by atoms with Crippen molar-refractivity contribution in [2.45, 2.75) is 297 Å². The second-order valence-corrected chi connectivity index (χ2v) is 19.1. The maximum absolute atomic E-state index is 6.46. The van der Waals surface area contributed by atoms with Crippen molar-refractivity contribution < 1.29 is 18.9 Å². The molecule has 5 nitrogen and oxygen atoms in total.